The van der Waals surface area contributed by atoms with Gasteiger partial charge in [-0.3, -0.25) is 0 Å². The van der Waals surface area contributed by atoms with Crippen LogP contribution in [0.25, 0.3) is 11.5 Å². The smallest absolute Gasteiger partial charge is 0.251 e. The van der Waals surface area contributed by atoms with Gasteiger partial charge < -0.3 is 20.2 Å². The first-order chi connectivity index (χ1) is 13.7. The topological polar surface area (TPSA) is 86.2 Å². The number of nitrogens with one attached hydrogen (secondary N) is 1. The third-order valence-electron chi connectivity index (χ3n) is 7.49. The highest BCUT2D eigenvalue weighted by Gasteiger charge is 2.69. The predicted molar refractivity (Wildman–Crippen MR) is 106 cm³/mol. The van der Waals surface area contributed by atoms with Gasteiger partial charge in [-0.05, 0) is 49.1 Å². The lowest BCUT2D eigenvalue weighted by Crippen LogP contribution is -2.24. The molecule has 0 bridgehead atoms. The van der Waals surface area contributed by atoms with Crippen molar-refractivity contribution in [3.63, 3.8) is 0 Å². The normalized spacial score (nSPS) is 31.0. The second-order valence-electron chi connectivity index (χ2n) is 8.97. The summed E-state index contributed by atoms with van der Waals surface area (Å²) in [5, 5.41) is 12.9. The molecular weight excluding hydrogens is 376 g/mol. The first-order valence-electron chi connectivity index (χ1n) is 10.5. The molecule has 148 valence electrons. The molecule has 6 nitrogen and oxygen atoms in total. The Morgan fingerprint density at radius 1 is 1.29 bits per heavy atom. The minimum atomic E-state index is 0.323. The Balaban J connectivity index is 1.33. The molecule has 1 aromatic heterocycles. The number of benzene rings is 1. The van der Waals surface area contributed by atoms with Crippen LogP contribution in [0.3, 0.4) is 0 Å². The van der Waals surface area contributed by atoms with E-state index in [4.69, 9.17) is 26.5 Å². The fourth-order valence-electron chi connectivity index (χ4n) is 5.77. The molecule has 6 rings (SSSR count). The van der Waals surface area contributed by atoms with E-state index in [9.17, 15) is 0 Å². The molecule has 3 unspecified atom stereocenters. The van der Waals surface area contributed by atoms with Crippen LogP contribution >= 0.6 is 11.6 Å². The van der Waals surface area contributed by atoms with Crippen LogP contribution in [0.4, 0.5) is 5.69 Å². The maximum atomic E-state index is 6.38. The molecule has 3 fully saturated rings. The Labute approximate surface area is 169 Å². The molecule has 28 heavy (non-hydrogen) atoms. The largest absolute Gasteiger partial charge is 0.492 e. The molecule has 0 spiro atoms. The highest BCUT2D eigenvalue weighted by atomic mass is 35.5. The summed E-state index contributed by atoms with van der Waals surface area (Å²) >= 11 is 6.38. The maximum absolute atomic E-state index is 6.38. The molecule has 3 heterocycles. The van der Waals surface area contributed by atoms with E-state index in [0.29, 0.717) is 40.5 Å². The zero-order chi connectivity index (χ0) is 18.9. The minimum absolute atomic E-state index is 0.323. The fourth-order valence-corrected chi connectivity index (χ4v) is 5.99. The third-order valence-corrected chi connectivity index (χ3v) is 7.80. The van der Waals surface area contributed by atoms with Crippen LogP contribution in [0, 0.1) is 17.3 Å². The van der Waals surface area contributed by atoms with Gasteiger partial charge in [-0.15, -0.1) is 10.2 Å². The summed E-state index contributed by atoms with van der Waals surface area (Å²) in [6.45, 7) is 2.80. The lowest BCUT2D eigenvalue weighted by molar-refractivity contribution is 0.232. The van der Waals surface area contributed by atoms with Crippen LogP contribution in [0.1, 0.15) is 49.5 Å². The number of nitrogen functional groups attached to an aromatic ring is 1. The summed E-state index contributed by atoms with van der Waals surface area (Å²) in [5.41, 5.74) is 8.82. The predicted octanol–water partition coefficient (Wildman–Crippen LogP) is 3.79. The van der Waals surface area contributed by atoms with E-state index in [1.807, 2.05) is 0 Å². The second-order valence-corrected chi connectivity index (χ2v) is 9.38. The average molecular weight is 401 g/mol. The fraction of sp³-hybridized carbons (Fsp3) is 0.619. The van der Waals surface area contributed by atoms with Gasteiger partial charge in [0.1, 0.15) is 5.75 Å². The lowest BCUT2D eigenvalue weighted by Gasteiger charge is -2.29. The first kappa shape index (κ1) is 17.1. The molecule has 2 aliphatic heterocycles. The third kappa shape index (κ3) is 2.37. The Kier molecular flexibility index (Phi) is 3.73. The lowest BCUT2D eigenvalue weighted by atomic mass is 9.77. The number of aromatic nitrogens is 2. The number of nitrogens with two attached hydrogens (primary N) is 1. The number of nitrogens with zero attached hydrogens (tertiary/aromatic N) is 2. The Bertz CT molecular complexity index is 941. The van der Waals surface area contributed by atoms with E-state index >= 15 is 0 Å². The standard InChI is InChI=1S/C21H25ClN4O2/c22-15-7-13(18-12(17(15)23)5-2-6-27-18)19-25-26-20(28-19)16-14-9-24-10-21(14,16)8-11-3-1-4-11/h7,11,14,16,24H,1-6,8-10,23H2. The molecule has 2 aromatic rings. The summed E-state index contributed by atoms with van der Waals surface area (Å²) < 4.78 is 12.1. The zero-order valence-corrected chi connectivity index (χ0v) is 16.6. The SMILES string of the molecule is Nc1c(Cl)cc(-c2nnc(C3C4CNCC43CC3CCC3)o2)c2c1CCCO2. The monoisotopic (exact) mass is 400 g/mol. The number of halogens is 1. The highest BCUT2D eigenvalue weighted by molar-refractivity contribution is 6.33. The van der Waals surface area contributed by atoms with Gasteiger partial charge in [0.15, 0.2) is 0 Å². The van der Waals surface area contributed by atoms with E-state index in [1.54, 1.807) is 6.07 Å². The Morgan fingerprint density at radius 2 is 2.18 bits per heavy atom. The second kappa shape index (κ2) is 6.10. The molecule has 1 saturated heterocycles. The van der Waals surface area contributed by atoms with Gasteiger partial charge in [0.25, 0.3) is 5.89 Å². The van der Waals surface area contributed by atoms with Gasteiger partial charge in [-0.25, -0.2) is 0 Å². The number of anilines is 1. The van der Waals surface area contributed by atoms with Crippen molar-refractivity contribution in [2.24, 2.45) is 17.3 Å². The number of hydrogen-bond acceptors (Lipinski definition) is 6. The summed E-state index contributed by atoms with van der Waals surface area (Å²) in [5.74, 6) is 3.92. The van der Waals surface area contributed by atoms with Crippen molar-refractivity contribution >= 4 is 17.3 Å². The zero-order valence-electron chi connectivity index (χ0n) is 15.8. The molecule has 3 atom stereocenters. The van der Waals surface area contributed by atoms with Crippen LogP contribution in [0.15, 0.2) is 10.5 Å². The van der Waals surface area contributed by atoms with Crippen LogP contribution in [0.2, 0.25) is 5.02 Å². The number of ether oxygens (including phenoxy) is 1. The quantitative estimate of drug-likeness (QED) is 0.759. The molecule has 7 heteroatoms. The first-order valence-corrected chi connectivity index (χ1v) is 10.8. The van der Waals surface area contributed by atoms with Gasteiger partial charge in [0.2, 0.25) is 5.89 Å². The van der Waals surface area contributed by atoms with Crippen LogP contribution < -0.4 is 15.8 Å². The van der Waals surface area contributed by atoms with Crippen molar-refractivity contribution in [2.75, 3.05) is 25.4 Å². The number of piperidine rings is 1. The van der Waals surface area contributed by atoms with E-state index in [1.165, 1.54) is 25.7 Å². The maximum Gasteiger partial charge on any atom is 0.251 e. The van der Waals surface area contributed by atoms with Crippen LogP contribution in [-0.4, -0.2) is 29.9 Å². The summed E-state index contributed by atoms with van der Waals surface area (Å²) in [7, 11) is 0. The van der Waals surface area contributed by atoms with Crippen molar-refractivity contribution in [3.05, 3.63) is 22.5 Å². The molecule has 1 aromatic carbocycles. The van der Waals surface area contributed by atoms with Gasteiger partial charge in [0, 0.05) is 18.0 Å². The van der Waals surface area contributed by atoms with Crippen molar-refractivity contribution in [3.8, 4) is 17.2 Å². The van der Waals surface area contributed by atoms with Crippen molar-refractivity contribution < 1.29 is 9.15 Å². The molecule has 0 radical (unpaired) electrons. The molecule has 2 saturated carbocycles. The molecular formula is C21H25ClN4O2. The Hall–Kier alpha value is -1.79. The average Bonchev–Trinajstić information content (AvgIpc) is 3.04. The van der Waals surface area contributed by atoms with Gasteiger partial charge in [0.05, 0.1) is 22.9 Å². The summed E-state index contributed by atoms with van der Waals surface area (Å²) in [6, 6.07) is 1.80. The summed E-state index contributed by atoms with van der Waals surface area (Å²) in [6.07, 6.45) is 7.23. The van der Waals surface area contributed by atoms with E-state index in [-0.39, 0.29) is 0 Å². The van der Waals surface area contributed by atoms with Gasteiger partial charge in [-0.2, -0.15) is 0 Å². The minimum Gasteiger partial charge on any atom is -0.492 e. The van der Waals surface area contributed by atoms with Crippen LogP contribution in [0.5, 0.6) is 5.75 Å². The summed E-state index contributed by atoms with van der Waals surface area (Å²) in [4.78, 5) is 0. The highest BCUT2D eigenvalue weighted by Crippen LogP contribution is 2.70. The van der Waals surface area contributed by atoms with E-state index in [0.717, 1.165) is 54.6 Å². The van der Waals surface area contributed by atoms with Crippen molar-refractivity contribution in [1.82, 2.24) is 15.5 Å². The van der Waals surface area contributed by atoms with Gasteiger partial charge >= 0.3 is 0 Å². The molecule has 4 aliphatic rings. The van der Waals surface area contributed by atoms with Gasteiger partial charge in [-0.1, -0.05) is 30.9 Å². The number of rotatable bonds is 4. The number of fused-ring (bicyclic) bond motifs is 2. The molecule has 3 N–H and O–H groups in total. The number of hydrogen-bond donors (Lipinski definition) is 2. The molecule has 0 amide bonds. The van der Waals surface area contributed by atoms with E-state index in [2.05, 4.69) is 15.5 Å². The van der Waals surface area contributed by atoms with E-state index < -0.39 is 0 Å². The Morgan fingerprint density at radius 3 is 3.00 bits per heavy atom. The van der Waals surface area contributed by atoms with Crippen molar-refractivity contribution in [1.29, 1.82) is 0 Å². The van der Waals surface area contributed by atoms with Crippen LogP contribution in [-0.2, 0) is 6.42 Å². The molecule has 2 aliphatic carbocycles. The van der Waals surface area contributed by atoms with Crippen molar-refractivity contribution in [2.45, 2.75) is 44.4 Å².